The first-order chi connectivity index (χ1) is 12.1. The number of nitrogens with zero attached hydrogens (tertiary/aromatic N) is 2. The predicted octanol–water partition coefficient (Wildman–Crippen LogP) is 3.67. The standard InChI is InChI=1S/C20H21N3OS/c1-13-5-3-6-14(2)16(13)11-23-9-8-15-17(12-23)21-19(22-20(15)24)18-7-4-10-25-18/h3-7,10H,8-9,11-12H2,1-2H3,(H,21,22,24). The van der Waals surface area contributed by atoms with E-state index in [-0.39, 0.29) is 5.56 Å². The molecular weight excluding hydrogens is 330 g/mol. The molecule has 0 bridgehead atoms. The summed E-state index contributed by atoms with van der Waals surface area (Å²) >= 11 is 1.60. The molecule has 0 radical (unpaired) electrons. The zero-order chi connectivity index (χ0) is 17.4. The minimum absolute atomic E-state index is 0.0140. The number of thiophene rings is 1. The third-order valence-electron chi connectivity index (χ3n) is 4.93. The second-order valence-corrected chi connectivity index (χ2v) is 7.60. The molecule has 1 aliphatic heterocycles. The number of H-pyrrole nitrogens is 1. The van der Waals surface area contributed by atoms with Gasteiger partial charge in [-0.2, -0.15) is 0 Å². The highest BCUT2D eigenvalue weighted by Gasteiger charge is 2.22. The fourth-order valence-electron chi connectivity index (χ4n) is 3.48. The molecule has 0 saturated heterocycles. The molecule has 3 aromatic rings. The van der Waals surface area contributed by atoms with Crippen molar-refractivity contribution in [2.24, 2.45) is 0 Å². The van der Waals surface area contributed by atoms with Crippen LogP contribution in [0.4, 0.5) is 0 Å². The summed E-state index contributed by atoms with van der Waals surface area (Å²) in [7, 11) is 0. The number of aryl methyl sites for hydroxylation is 2. The topological polar surface area (TPSA) is 49.0 Å². The Hall–Kier alpha value is -2.24. The SMILES string of the molecule is Cc1cccc(C)c1CN1CCc2c(nc(-c3cccs3)[nH]c2=O)C1. The summed E-state index contributed by atoms with van der Waals surface area (Å²) in [4.78, 5) is 23.6. The van der Waals surface area contributed by atoms with Crippen LogP contribution in [0.5, 0.6) is 0 Å². The van der Waals surface area contributed by atoms with Crippen LogP contribution in [0.15, 0.2) is 40.5 Å². The lowest BCUT2D eigenvalue weighted by molar-refractivity contribution is 0.239. The van der Waals surface area contributed by atoms with Crippen LogP contribution >= 0.6 is 11.3 Å². The van der Waals surface area contributed by atoms with E-state index in [0.29, 0.717) is 5.82 Å². The first kappa shape index (κ1) is 16.2. The van der Waals surface area contributed by atoms with Crippen molar-refractivity contribution in [1.29, 1.82) is 0 Å². The molecule has 2 aromatic heterocycles. The van der Waals surface area contributed by atoms with Gasteiger partial charge in [-0.1, -0.05) is 24.3 Å². The van der Waals surface area contributed by atoms with Crippen molar-refractivity contribution in [1.82, 2.24) is 14.9 Å². The average Bonchev–Trinajstić information content (AvgIpc) is 3.12. The van der Waals surface area contributed by atoms with Crippen LogP contribution in [-0.4, -0.2) is 21.4 Å². The number of hydrogen-bond acceptors (Lipinski definition) is 4. The van der Waals surface area contributed by atoms with Gasteiger partial charge in [-0.15, -0.1) is 11.3 Å². The number of aromatic amines is 1. The van der Waals surface area contributed by atoms with Gasteiger partial charge in [0.25, 0.3) is 5.56 Å². The Balaban J connectivity index is 1.63. The number of fused-ring (bicyclic) bond motifs is 1. The van der Waals surface area contributed by atoms with Crippen LogP contribution in [0, 0.1) is 13.8 Å². The fourth-order valence-corrected chi connectivity index (χ4v) is 4.15. The first-order valence-electron chi connectivity index (χ1n) is 8.55. The van der Waals surface area contributed by atoms with Crippen molar-refractivity contribution in [3.05, 3.63) is 74.0 Å². The molecule has 0 unspecified atom stereocenters. The van der Waals surface area contributed by atoms with Crippen LogP contribution in [-0.2, 0) is 19.5 Å². The van der Waals surface area contributed by atoms with Crippen LogP contribution in [0.2, 0.25) is 0 Å². The number of hydrogen-bond donors (Lipinski definition) is 1. The lowest BCUT2D eigenvalue weighted by atomic mass is 10.0. The maximum Gasteiger partial charge on any atom is 0.254 e. The van der Waals surface area contributed by atoms with E-state index in [2.05, 4.69) is 41.9 Å². The summed E-state index contributed by atoms with van der Waals surface area (Å²) in [6.45, 7) is 6.85. The van der Waals surface area contributed by atoms with Gasteiger partial charge in [-0.25, -0.2) is 4.98 Å². The molecule has 1 aromatic carbocycles. The molecule has 25 heavy (non-hydrogen) atoms. The minimum Gasteiger partial charge on any atom is -0.306 e. The van der Waals surface area contributed by atoms with E-state index in [1.807, 2.05) is 17.5 Å². The molecule has 4 nitrogen and oxygen atoms in total. The van der Waals surface area contributed by atoms with Crippen LogP contribution in [0.3, 0.4) is 0 Å². The molecule has 0 atom stereocenters. The first-order valence-corrected chi connectivity index (χ1v) is 9.43. The lowest BCUT2D eigenvalue weighted by Gasteiger charge is -2.28. The third-order valence-corrected chi connectivity index (χ3v) is 5.81. The summed E-state index contributed by atoms with van der Waals surface area (Å²) in [5.41, 5.74) is 5.81. The van der Waals surface area contributed by atoms with E-state index >= 15 is 0 Å². The quantitative estimate of drug-likeness (QED) is 0.783. The molecule has 0 amide bonds. The van der Waals surface area contributed by atoms with E-state index in [1.54, 1.807) is 11.3 Å². The largest absolute Gasteiger partial charge is 0.306 e. The van der Waals surface area contributed by atoms with Gasteiger partial charge in [0, 0.05) is 25.2 Å². The van der Waals surface area contributed by atoms with Crippen LogP contribution in [0.1, 0.15) is 27.9 Å². The van der Waals surface area contributed by atoms with Crippen molar-refractivity contribution in [2.45, 2.75) is 33.4 Å². The van der Waals surface area contributed by atoms with Gasteiger partial charge < -0.3 is 4.98 Å². The molecule has 3 heterocycles. The zero-order valence-electron chi connectivity index (χ0n) is 14.5. The van der Waals surface area contributed by atoms with Gasteiger partial charge in [0.05, 0.1) is 10.6 Å². The van der Waals surface area contributed by atoms with Crippen LogP contribution in [0.25, 0.3) is 10.7 Å². The predicted molar refractivity (Wildman–Crippen MR) is 102 cm³/mol. The summed E-state index contributed by atoms with van der Waals surface area (Å²) in [5, 5.41) is 2.00. The summed E-state index contributed by atoms with van der Waals surface area (Å²) in [6.07, 6.45) is 0.757. The van der Waals surface area contributed by atoms with Gasteiger partial charge in [-0.05, 0) is 48.4 Å². The Morgan fingerprint density at radius 3 is 2.72 bits per heavy atom. The highest BCUT2D eigenvalue weighted by molar-refractivity contribution is 7.13. The highest BCUT2D eigenvalue weighted by atomic mass is 32.1. The molecule has 128 valence electrons. The molecule has 1 aliphatic rings. The lowest BCUT2D eigenvalue weighted by Crippen LogP contribution is -2.35. The number of rotatable bonds is 3. The number of aromatic nitrogens is 2. The highest BCUT2D eigenvalue weighted by Crippen LogP contribution is 2.24. The smallest absolute Gasteiger partial charge is 0.254 e. The van der Waals surface area contributed by atoms with Crippen molar-refractivity contribution in [3.8, 4) is 10.7 Å². The van der Waals surface area contributed by atoms with Crippen LogP contribution < -0.4 is 5.56 Å². The molecule has 0 saturated carbocycles. The number of nitrogens with one attached hydrogen (secondary N) is 1. The molecule has 1 N–H and O–H groups in total. The van der Waals surface area contributed by atoms with Gasteiger partial charge in [-0.3, -0.25) is 9.69 Å². The maximum atomic E-state index is 12.4. The Bertz CT molecular complexity index is 939. The molecular formula is C20H21N3OS. The van der Waals surface area contributed by atoms with E-state index in [1.165, 1.54) is 16.7 Å². The van der Waals surface area contributed by atoms with E-state index < -0.39 is 0 Å². The van der Waals surface area contributed by atoms with Gasteiger partial charge >= 0.3 is 0 Å². The molecule has 5 heteroatoms. The second kappa shape index (κ2) is 6.58. The minimum atomic E-state index is 0.0140. The summed E-state index contributed by atoms with van der Waals surface area (Å²) in [5.74, 6) is 0.688. The monoisotopic (exact) mass is 351 g/mol. The Morgan fingerprint density at radius 1 is 1.20 bits per heavy atom. The molecule has 0 fully saturated rings. The van der Waals surface area contributed by atoms with E-state index in [4.69, 9.17) is 4.98 Å². The van der Waals surface area contributed by atoms with Gasteiger partial charge in [0.15, 0.2) is 5.82 Å². The van der Waals surface area contributed by atoms with Gasteiger partial charge in [0.1, 0.15) is 0 Å². The molecule has 4 rings (SSSR count). The zero-order valence-corrected chi connectivity index (χ0v) is 15.3. The van der Waals surface area contributed by atoms with E-state index in [9.17, 15) is 4.79 Å². The summed E-state index contributed by atoms with van der Waals surface area (Å²) < 4.78 is 0. The van der Waals surface area contributed by atoms with E-state index in [0.717, 1.165) is 42.2 Å². The molecule has 0 aliphatic carbocycles. The number of benzene rings is 1. The second-order valence-electron chi connectivity index (χ2n) is 6.65. The van der Waals surface area contributed by atoms with Crippen molar-refractivity contribution >= 4 is 11.3 Å². The third kappa shape index (κ3) is 3.17. The van der Waals surface area contributed by atoms with Crippen molar-refractivity contribution < 1.29 is 0 Å². The molecule has 0 spiro atoms. The fraction of sp³-hybridized carbons (Fsp3) is 0.300. The Kier molecular flexibility index (Phi) is 4.27. The average molecular weight is 351 g/mol. The van der Waals surface area contributed by atoms with Gasteiger partial charge in [0.2, 0.25) is 0 Å². The normalized spacial score (nSPS) is 14.5. The summed E-state index contributed by atoms with van der Waals surface area (Å²) in [6, 6.07) is 10.4. The van der Waals surface area contributed by atoms with Crippen molar-refractivity contribution in [2.75, 3.05) is 6.54 Å². The van der Waals surface area contributed by atoms with Crippen molar-refractivity contribution in [3.63, 3.8) is 0 Å². The Morgan fingerprint density at radius 2 is 2.00 bits per heavy atom. The Labute approximate surface area is 151 Å². The maximum absolute atomic E-state index is 12.4.